The zero-order valence-electron chi connectivity index (χ0n) is 43.2. The van der Waals surface area contributed by atoms with Crippen molar-refractivity contribution in [3.05, 3.63) is 0 Å². The maximum Gasteiger partial charge on any atom is 0.248 e. The van der Waals surface area contributed by atoms with E-state index in [-0.39, 0.29) is 49.5 Å². The Hall–Kier alpha value is -4.36. The summed E-state index contributed by atoms with van der Waals surface area (Å²) in [5.41, 5.74) is -0.904. The van der Waals surface area contributed by atoms with Gasteiger partial charge in [-0.3, -0.25) is 38.4 Å². The van der Waals surface area contributed by atoms with E-state index in [2.05, 4.69) is 21.3 Å². The molecule has 0 aromatic carbocycles. The second-order valence-corrected chi connectivity index (χ2v) is 19.3. The standard InChI is InChI=1S/C46H87N9O10/c1-20-21-37(56)52(15)36(27-65-23-22-51(13)14)44(62)55(18)35(26-46(10,11)64-19)42(60)50-38(30(6)7)45(63)54(17)34(25-29(4)5)41(59)48-31(8)39(57)49-32(9)43(61)53(16)33(24-28(2)3)40(58)47-12/h28-36,38H,20-27H2,1-19H3,(H,47,58)(H,48,59)(H,49,57)(H,50,60)/t31-,32+,33-,34-,35-,36+,38-/m0/s1. The molecule has 19 nitrogen and oxygen atoms in total. The van der Waals surface area contributed by atoms with Gasteiger partial charge in [0.15, 0.2) is 0 Å². The van der Waals surface area contributed by atoms with Gasteiger partial charge in [0.2, 0.25) is 47.3 Å². The van der Waals surface area contributed by atoms with Crippen molar-refractivity contribution >= 4 is 47.3 Å². The quantitative estimate of drug-likeness (QED) is 0.0788. The van der Waals surface area contributed by atoms with E-state index >= 15 is 0 Å². The Kier molecular flexibility index (Phi) is 26.7. The fraction of sp³-hybridized carbons (Fsp3) is 0.826. The molecule has 0 rings (SSSR count). The molecular weight excluding hydrogens is 839 g/mol. The van der Waals surface area contributed by atoms with E-state index in [9.17, 15) is 38.4 Å². The Morgan fingerprint density at radius 1 is 0.585 bits per heavy atom. The minimum atomic E-state index is -1.16. The predicted octanol–water partition coefficient (Wildman–Crippen LogP) is 1.48. The Morgan fingerprint density at radius 3 is 1.52 bits per heavy atom. The molecule has 0 saturated carbocycles. The van der Waals surface area contributed by atoms with E-state index in [0.717, 1.165) is 0 Å². The fourth-order valence-corrected chi connectivity index (χ4v) is 7.01. The average molecular weight is 926 g/mol. The molecule has 0 bridgehead atoms. The van der Waals surface area contributed by atoms with Crippen molar-refractivity contribution in [2.75, 3.05) is 76.2 Å². The molecule has 8 amide bonds. The van der Waals surface area contributed by atoms with Crippen molar-refractivity contribution in [1.82, 2.24) is 45.8 Å². The third-order valence-corrected chi connectivity index (χ3v) is 11.5. The molecule has 0 aliphatic heterocycles. The number of ether oxygens (including phenoxy) is 2. The normalized spacial score (nSPS) is 15.0. The van der Waals surface area contributed by atoms with Crippen LogP contribution in [0.3, 0.4) is 0 Å². The minimum absolute atomic E-state index is 0.0265. The monoisotopic (exact) mass is 926 g/mol. The van der Waals surface area contributed by atoms with Gasteiger partial charge in [-0.15, -0.1) is 0 Å². The third kappa shape index (κ3) is 20.0. The molecule has 0 aliphatic carbocycles. The molecule has 0 heterocycles. The molecule has 0 unspecified atom stereocenters. The summed E-state index contributed by atoms with van der Waals surface area (Å²) >= 11 is 0. The number of hydrogen-bond acceptors (Lipinski definition) is 11. The summed E-state index contributed by atoms with van der Waals surface area (Å²) < 4.78 is 11.6. The molecule has 0 aromatic rings. The Labute approximate surface area is 390 Å². The Balaban J connectivity index is 6.56. The summed E-state index contributed by atoms with van der Waals surface area (Å²) in [5, 5.41) is 10.8. The van der Waals surface area contributed by atoms with Crippen LogP contribution in [-0.4, -0.2) is 196 Å². The zero-order chi connectivity index (χ0) is 50.7. The first-order chi connectivity index (χ1) is 30.0. The van der Waals surface area contributed by atoms with Crippen molar-refractivity contribution in [3.63, 3.8) is 0 Å². The van der Waals surface area contributed by atoms with Gasteiger partial charge in [-0.2, -0.15) is 0 Å². The molecule has 19 heteroatoms. The number of likely N-dealkylation sites (N-methyl/N-ethyl adjacent to an activating group) is 6. The first-order valence-electron chi connectivity index (χ1n) is 23.0. The molecular formula is C46H87N9O10. The maximum absolute atomic E-state index is 14.5. The summed E-state index contributed by atoms with van der Waals surface area (Å²) in [7, 11) is 12.7. The minimum Gasteiger partial charge on any atom is -0.379 e. The molecule has 65 heavy (non-hydrogen) atoms. The van der Waals surface area contributed by atoms with Crippen LogP contribution in [-0.2, 0) is 47.8 Å². The highest BCUT2D eigenvalue weighted by atomic mass is 16.5. The number of nitrogens with one attached hydrogen (secondary N) is 4. The number of carbonyl (C=O) groups excluding carboxylic acids is 8. The predicted molar refractivity (Wildman–Crippen MR) is 251 cm³/mol. The lowest BCUT2D eigenvalue weighted by atomic mass is 9.94. The molecule has 0 radical (unpaired) electrons. The molecule has 376 valence electrons. The number of rotatable bonds is 29. The van der Waals surface area contributed by atoms with Crippen LogP contribution < -0.4 is 21.3 Å². The van der Waals surface area contributed by atoms with Crippen LogP contribution in [0.5, 0.6) is 0 Å². The molecule has 0 aliphatic rings. The fourth-order valence-electron chi connectivity index (χ4n) is 7.01. The Bertz CT molecular complexity index is 1570. The van der Waals surface area contributed by atoms with Crippen LogP contribution in [0.25, 0.3) is 0 Å². The van der Waals surface area contributed by atoms with Gasteiger partial charge in [0.05, 0.1) is 18.8 Å². The molecule has 7 atom stereocenters. The first-order valence-corrected chi connectivity index (χ1v) is 23.0. The number of amides is 8. The molecule has 4 N–H and O–H groups in total. The molecule has 0 saturated heterocycles. The van der Waals surface area contributed by atoms with Crippen molar-refractivity contribution in [1.29, 1.82) is 0 Å². The van der Waals surface area contributed by atoms with Crippen molar-refractivity contribution in [3.8, 4) is 0 Å². The van der Waals surface area contributed by atoms with E-state index in [1.54, 1.807) is 34.7 Å². The van der Waals surface area contributed by atoms with Crippen LogP contribution >= 0.6 is 0 Å². The van der Waals surface area contributed by atoms with Crippen LogP contribution in [0.15, 0.2) is 0 Å². The third-order valence-electron chi connectivity index (χ3n) is 11.5. The van der Waals surface area contributed by atoms with Crippen LogP contribution in [0, 0.1) is 17.8 Å². The molecule has 0 fully saturated rings. The van der Waals surface area contributed by atoms with E-state index in [0.29, 0.717) is 26.0 Å². The lowest BCUT2D eigenvalue weighted by Gasteiger charge is -2.38. The van der Waals surface area contributed by atoms with Gasteiger partial charge in [-0.1, -0.05) is 48.5 Å². The summed E-state index contributed by atoms with van der Waals surface area (Å²) in [6, 6.07) is -7.32. The van der Waals surface area contributed by atoms with Crippen LogP contribution in [0.4, 0.5) is 0 Å². The van der Waals surface area contributed by atoms with E-state index < -0.39 is 89.3 Å². The first kappa shape index (κ1) is 60.6. The lowest BCUT2D eigenvalue weighted by Crippen LogP contribution is -2.61. The van der Waals surface area contributed by atoms with Gasteiger partial charge in [0.1, 0.15) is 42.3 Å². The van der Waals surface area contributed by atoms with Gasteiger partial charge < -0.3 is 55.2 Å². The summed E-state index contributed by atoms with van der Waals surface area (Å²) in [6.45, 7) is 20.3. The maximum atomic E-state index is 14.5. The van der Waals surface area contributed by atoms with Crippen molar-refractivity contribution < 1.29 is 47.8 Å². The lowest BCUT2D eigenvalue weighted by molar-refractivity contribution is -0.152. The number of carbonyl (C=O) groups is 8. The largest absolute Gasteiger partial charge is 0.379 e. The topological polar surface area (TPSA) is 219 Å². The second-order valence-electron chi connectivity index (χ2n) is 19.3. The van der Waals surface area contributed by atoms with Gasteiger partial charge in [0, 0.05) is 61.7 Å². The highest BCUT2D eigenvalue weighted by molar-refractivity contribution is 5.97. The number of hydrogen-bond donors (Lipinski definition) is 4. The molecule has 0 aromatic heterocycles. The van der Waals surface area contributed by atoms with Crippen molar-refractivity contribution in [2.24, 2.45) is 17.8 Å². The highest BCUT2D eigenvalue weighted by Gasteiger charge is 2.41. The van der Waals surface area contributed by atoms with Gasteiger partial charge in [-0.25, -0.2) is 0 Å². The van der Waals surface area contributed by atoms with Crippen LogP contribution in [0.1, 0.15) is 108 Å². The zero-order valence-corrected chi connectivity index (χ0v) is 43.2. The number of methoxy groups -OCH3 is 1. The smallest absolute Gasteiger partial charge is 0.248 e. The van der Waals surface area contributed by atoms with E-state index in [1.807, 2.05) is 53.6 Å². The summed E-state index contributed by atoms with van der Waals surface area (Å²) in [4.78, 5) is 117. The SMILES string of the molecule is CCCC(=O)N(C)[C@H](COCCN(C)C)C(=O)N(C)[C@@H](CC(C)(C)OC)C(=O)N[C@H](C(=O)N(C)[C@@H](CC(C)C)C(=O)N[C@@H](C)C(=O)N[C@H](C)C(=O)N(C)[C@@H](CC(C)C)C(=O)NC)C(C)C. The van der Waals surface area contributed by atoms with Gasteiger partial charge >= 0.3 is 0 Å². The summed E-state index contributed by atoms with van der Waals surface area (Å²) in [5.74, 6) is -4.52. The highest BCUT2D eigenvalue weighted by Crippen LogP contribution is 2.22. The van der Waals surface area contributed by atoms with Crippen LogP contribution in [0.2, 0.25) is 0 Å². The van der Waals surface area contributed by atoms with Gasteiger partial charge in [-0.05, 0) is 78.8 Å². The van der Waals surface area contributed by atoms with E-state index in [4.69, 9.17) is 9.47 Å². The second kappa shape index (κ2) is 28.6. The average Bonchev–Trinajstić information content (AvgIpc) is 3.23. The number of nitrogens with zero attached hydrogens (tertiary/aromatic N) is 5. The summed E-state index contributed by atoms with van der Waals surface area (Å²) in [6.07, 6.45) is 1.44. The van der Waals surface area contributed by atoms with Gasteiger partial charge in [0.25, 0.3) is 0 Å². The van der Waals surface area contributed by atoms with E-state index in [1.165, 1.54) is 68.7 Å². The Morgan fingerprint density at radius 2 is 1.06 bits per heavy atom. The van der Waals surface area contributed by atoms with Crippen molar-refractivity contribution in [2.45, 2.75) is 156 Å². The molecule has 0 spiro atoms.